The van der Waals surface area contributed by atoms with E-state index < -0.39 is 28.4 Å². The summed E-state index contributed by atoms with van der Waals surface area (Å²) < 4.78 is 4.94. The van der Waals surface area contributed by atoms with Gasteiger partial charge in [0.2, 0.25) is 6.04 Å². The lowest BCUT2D eigenvalue weighted by Crippen LogP contribution is -2.60. The van der Waals surface area contributed by atoms with Gasteiger partial charge in [-0.05, 0) is 26.2 Å². The van der Waals surface area contributed by atoms with Gasteiger partial charge in [-0.1, -0.05) is 0 Å². The molecule has 20 heavy (non-hydrogen) atoms. The highest BCUT2D eigenvalue weighted by Crippen LogP contribution is 2.45. The summed E-state index contributed by atoms with van der Waals surface area (Å²) in [5, 5.41) is 21.7. The van der Waals surface area contributed by atoms with E-state index in [1.165, 1.54) is 0 Å². The molecule has 0 heterocycles. The van der Waals surface area contributed by atoms with Crippen molar-refractivity contribution in [2.75, 3.05) is 6.61 Å². The van der Waals surface area contributed by atoms with Crippen molar-refractivity contribution in [1.82, 2.24) is 0 Å². The van der Waals surface area contributed by atoms with Crippen LogP contribution in [0.2, 0.25) is 0 Å². The van der Waals surface area contributed by atoms with Gasteiger partial charge in [0.1, 0.15) is 11.4 Å². The monoisotopic (exact) mass is 285 g/mol. The molecule has 1 N–H and O–H groups in total. The fraction of sp³-hybridized carbons (Fsp3) is 0.846. The molecular formula is C13H19NO6. The Labute approximate surface area is 116 Å². The van der Waals surface area contributed by atoms with E-state index in [0.29, 0.717) is 6.42 Å². The third kappa shape index (κ3) is 2.42. The van der Waals surface area contributed by atoms with Crippen molar-refractivity contribution in [3.8, 4) is 0 Å². The van der Waals surface area contributed by atoms with E-state index in [0.717, 1.165) is 0 Å². The molecule has 2 aliphatic carbocycles. The van der Waals surface area contributed by atoms with Gasteiger partial charge in [-0.15, -0.1) is 0 Å². The van der Waals surface area contributed by atoms with Gasteiger partial charge >= 0.3 is 5.97 Å². The van der Waals surface area contributed by atoms with Crippen LogP contribution >= 0.6 is 0 Å². The molecule has 0 aromatic rings. The number of carbonyl (C=O) groups is 2. The van der Waals surface area contributed by atoms with Gasteiger partial charge < -0.3 is 9.84 Å². The number of esters is 1. The lowest BCUT2D eigenvalue weighted by Gasteiger charge is -2.44. The van der Waals surface area contributed by atoms with E-state index in [1.54, 1.807) is 6.92 Å². The predicted octanol–water partition coefficient (Wildman–Crippen LogP) is 0.705. The number of ketones is 1. The Kier molecular flexibility index (Phi) is 4.08. The Bertz CT molecular complexity index is 437. The van der Waals surface area contributed by atoms with E-state index in [9.17, 15) is 24.8 Å². The van der Waals surface area contributed by atoms with Gasteiger partial charge in [-0.2, -0.15) is 0 Å². The number of Topliss-reactive ketones (excluding diaryl/α,β-unsaturated/α-hetero) is 1. The second-order valence-electron chi connectivity index (χ2n) is 5.57. The molecule has 112 valence electrons. The molecule has 2 saturated carbocycles. The number of nitrogens with zero attached hydrogens (tertiary/aromatic N) is 1. The van der Waals surface area contributed by atoms with Crippen LogP contribution in [0.15, 0.2) is 0 Å². The van der Waals surface area contributed by atoms with Gasteiger partial charge in [0.25, 0.3) is 0 Å². The molecular weight excluding hydrogens is 266 g/mol. The number of aliphatic hydroxyl groups is 1. The first kappa shape index (κ1) is 14.9. The molecule has 0 aromatic carbocycles. The highest BCUT2D eigenvalue weighted by molar-refractivity contribution is 5.84. The summed E-state index contributed by atoms with van der Waals surface area (Å²) >= 11 is 0. The van der Waals surface area contributed by atoms with Crippen LogP contribution in [0.4, 0.5) is 0 Å². The molecule has 4 atom stereocenters. The van der Waals surface area contributed by atoms with Crippen LogP contribution in [0.3, 0.4) is 0 Å². The normalized spacial score (nSPS) is 37.1. The highest BCUT2D eigenvalue weighted by atomic mass is 16.6. The lowest BCUT2D eigenvalue weighted by atomic mass is 9.62. The number of carbonyl (C=O) groups excluding carboxylic acids is 2. The summed E-state index contributed by atoms with van der Waals surface area (Å²) in [5.74, 6) is -1.84. The third-order valence-corrected chi connectivity index (χ3v) is 4.52. The standard InChI is InChI=1S/C13H19NO6/c1-2-20-12(16)8-5-6-13(17)9(7-8)10(15)3-4-11(13)14(18)19/h8-9,11,17H,2-7H2,1H3/t8-,9-,11+,13-/m0/s1. The van der Waals surface area contributed by atoms with Crippen molar-refractivity contribution in [2.45, 2.75) is 50.7 Å². The van der Waals surface area contributed by atoms with Gasteiger partial charge in [0.15, 0.2) is 0 Å². The van der Waals surface area contributed by atoms with Gasteiger partial charge in [-0.25, -0.2) is 0 Å². The average molecular weight is 285 g/mol. The van der Waals surface area contributed by atoms with Crippen molar-refractivity contribution in [3.05, 3.63) is 10.1 Å². The quantitative estimate of drug-likeness (QED) is 0.465. The molecule has 0 radical (unpaired) electrons. The maximum absolute atomic E-state index is 12.0. The molecule has 2 rings (SSSR count). The summed E-state index contributed by atoms with van der Waals surface area (Å²) in [5.41, 5.74) is -1.61. The minimum absolute atomic E-state index is 0.0723. The molecule has 0 aliphatic heterocycles. The maximum atomic E-state index is 12.0. The second-order valence-corrected chi connectivity index (χ2v) is 5.57. The molecule has 7 heteroatoms. The number of hydrogen-bond donors (Lipinski definition) is 1. The zero-order chi connectivity index (χ0) is 14.9. The minimum Gasteiger partial charge on any atom is -0.466 e. The molecule has 0 bridgehead atoms. The Balaban J connectivity index is 2.19. The molecule has 2 fully saturated rings. The fourth-order valence-corrected chi connectivity index (χ4v) is 3.46. The van der Waals surface area contributed by atoms with Crippen LogP contribution in [0, 0.1) is 22.0 Å². The first-order valence-electron chi connectivity index (χ1n) is 6.95. The van der Waals surface area contributed by atoms with Crippen LogP contribution < -0.4 is 0 Å². The van der Waals surface area contributed by atoms with Crippen molar-refractivity contribution in [2.24, 2.45) is 11.8 Å². The first-order chi connectivity index (χ1) is 9.40. The molecule has 0 aromatic heterocycles. The van der Waals surface area contributed by atoms with Crippen LogP contribution in [0.5, 0.6) is 0 Å². The van der Waals surface area contributed by atoms with Crippen molar-refractivity contribution >= 4 is 11.8 Å². The van der Waals surface area contributed by atoms with E-state index in [4.69, 9.17) is 4.74 Å². The Morgan fingerprint density at radius 1 is 1.55 bits per heavy atom. The van der Waals surface area contributed by atoms with Crippen LogP contribution in [0.1, 0.15) is 39.0 Å². The van der Waals surface area contributed by atoms with Crippen LogP contribution in [-0.4, -0.2) is 40.0 Å². The highest BCUT2D eigenvalue weighted by Gasteiger charge is 2.59. The summed E-state index contributed by atoms with van der Waals surface area (Å²) in [6.45, 7) is 1.96. The fourth-order valence-electron chi connectivity index (χ4n) is 3.46. The predicted molar refractivity (Wildman–Crippen MR) is 67.4 cm³/mol. The van der Waals surface area contributed by atoms with Gasteiger partial charge in [0.05, 0.1) is 18.4 Å². The first-order valence-corrected chi connectivity index (χ1v) is 6.95. The van der Waals surface area contributed by atoms with E-state index in [-0.39, 0.29) is 44.0 Å². The van der Waals surface area contributed by atoms with Crippen molar-refractivity contribution in [3.63, 3.8) is 0 Å². The topological polar surface area (TPSA) is 107 Å². The zero-order valence-electron chi connectivity index (χ0n) is 11.4. The van der Waals surface area contributed by atoms with Crippen molar-refractivity contribution in [1.29, 1.82) is 0 Å². The average Bonchev–Trinajstić information content (AvgIpc) is 2.38. The SMILES string of the molecule is CCOC(=O)[C@H]1CC[C@]2(O)[C@@H](C1)C(=O)CC[C@H]2[N+](=O)[O-]. The second kappa shape index (κ2) is 5.47. The van der Waals surface area contributed by atoms with Gasteiger partial charge in [-0.3, -0.25) is 19.7 Å². The summed E-state index contributed by atoms with van der Waals surface area (Å²) in [4.78, 5) is 34.3. The van der Waals surface area contributed by atoms with Crippen LogP contribution in [0.25, 0.3) is 0 Å². The number of rotatable bonds is 3. The Morgan fingerprint density at radius 3 is 2.85 bits per heavy atom. The van der Waals surface area contributed by atoms with E-state index in [2.05, 4.69) is 0 Å². The molecule has 0 spiro atoms. The lowest BCUT2D eigenvalue weighted by molar-refractivity contribution is -0.552. The summed E-state index contributed by atoms with van der Waals surface area (Å²) in [6.07, 6.45) is 0.734. The maximum Gasteiger partial charge on any atom is 0.308 e. The third-order valence-electron chi connectivity index (χ3n) is 4.52. The molecule has 0 saturated heterocycles. The number of ether oxygens (including phenoxy) is 1. The molecule has 0 unspecified atom stereocenters. The smallest absolute Gasteiger partial charge is 0.308 e. The summed E-state index contributed by atoms with van der Waals surface area (Å²) in [7, 11) is 0. The zero-order valence-corrected chi connectivity index (χ0v) is 11.4. The van der Waals surface area contributed by atoms with Crippen LogP contribution in [-0.2, 0) is 14.3 Å². The number of hydrogen-bond acceptors (Lipinski definition) is 6. The van der Waals surface area contributed by atoms with Crippen molar-refractivity contribution < 1.29 is 24.4 Å². The summed E-state index contributed by atoms with van der Waals surface area (Å²) in [6, 6.07) is -1.12. The Hall–Kier alpha value is -1.50. The minimum atomic E-state index is -1.61. The largest absolute Gasteiger partial charge is 0.466 e. The van der Waals surface area contributed by atoms with E-state index >= 15 is 0 Å². The molecule has 7 nitrogen and oxygen atoms in total. The number of nitro groups is 1. The Morgan fingerprint density at radius 2 is 2.25 bits per heavy atom. The molecule has 2 aliphatic rings. The number of fused-ring (bicyclic) bond motifs is 1. The van der Waals surface area contributed by atoms with E-state index in [1.807, 2.05) is 0 Å². The molecule has 0 amide bonds. The van der Waals surface area contributed by atoms with Gasteiger partial charge in [0, 0.05) is 17.8 Å².